The molecule has 32 heavy (non-hydrogen) atoms. The fourth-order valence-electron chi connectivity index (χ4n) is 3.23. The smallest absolute Gasteiger partial charge is 0.335 e. The molecule has 1 saturated heterocycles. The van der Waals surface area contributed by atoms with Crippen LogP contribution in [0.2, 0.25) is 0 Å². The molecule has 0 bridgehead atoms. The molecule has 160 valence electrons. The molecule has 0 atom stereocenters. The average Bonchev–Trinajstić information content (AvgIpc) is 2.77. The zero-order chi connectivity index (χ0) is 22.7. The number of anilines is 1. The number of carbonyl (C=O) groups excluding carboxylic acids is 3. The van der Waals surface area contributed by atoms with Gasteiger partial charge in [-0.3, -0.25) is 14.9 Å². The number of ether oxygens (including phenoxy) is 1. The number of nitrogens with zero attached hydrogens (tertiary/aromatic N) is 1. The summed E-state index contributed by atoms with van der Waals surface area (Å²) in [6, 6.07) is 18.9. The van der Waals surface area contributed by atoms with E-state index >= 15 is 0 Å². The van der Waals surface area contributed by atoms with E-state index in [9.17, 15) is 18.8 Å². The molecule has 0 spiro atoms. The summed E-state index contributed by atoms with van der Waals surface area (Å²) >= 11 is 0. The van der Waals surface area contributed by atoms with E-state index in [0.29, 0.717) is 17.0 Å². The predicted octanol–water partition coefficient (Wildman–Crippen LogP) is 4.38. The van der Waals surface area contributed by atoms with Crippen LogP contribution in [0, 0.1) is 12.7 Å². The lowest BCUT2D eigenvalue weighted by Gasteiger charge is -2.26. The van der Waals surface area contributed by atoms with Gasteiger partial charge in [0.05, 0.1) is 5.69 Å². The molecule has 0 unspecified atom stereocenters. The number of nitrogens with one attached hydrogen (secondary N) is 1. The lowest BCUT2D eigenvalue weighted by molar-refractivity contribution is -0.122. The number of aryl methyl sites for hydroxylation is 1. The van der Waals surface area contributed by atoms with E-state index in [1.54, 1.807) is 54.6 Å². The first-order valence-electron chi connectivity index (χ1n) is 9.86. The molecule has 0 aliphatic carbocycles. The summed E-state index contributed by atoms with van der Waals surface area (Å²) in [6.07, 6.45) is 1.43. The van der Waals surface area contributed by atoms with E-state index in [1.807, 2.05) is 13.0 Å². The number of amides is 4. The van der Waals surface area contributed by atoms with Crippen LogP contribution < -0.4 is 15.0 Å². The molecule has 6 nitrogen and oxygen atoms in total. The van der Waals surface area contributed by atoms with Crippen molar-refractivity contribution in [1.29, 1.82) is 0 Å². The van der Waals surface area contributed by atoms with Crippen molar-refractivity contribution in [2.75, 3.05) is 4.90 Å². The first kappa shape index (κ1) is 21.0. The summed E-state index contributed by atoms with van der Waals surface area (Å²) in [4.78, 5) is 38.5. The second-order valence-electron chi connectivity index (χ2n) is 7.28. The van der Waals surface area contributed by atoms with Crippen molar-refractivity contribution in [3.05, 3.63) is 101 Å². The summed E-state index contributed by atoms with van der Waals surface area (Å²) in [5, 5.41) is 2.21. The van der Waals surface area contributed by atoms with E-state index in [-0.39, 0.29) is 18.0 Å². The average molecular weight is 430 g/mol. The van der Waals surface area contributed by atoms with Crippen molar-refractivity contribution in [2.24, 2.45) is 0 Å². The standard InChI is InChI=1S/C25H19FN2O4/c1-16-3-2-4-20(13-16)28-24(30)22(23(29)27-25(28)31)14-17-7-11-21(12-8-17)32-15-18-5-9-19(26)10-6-18/h2-14H,15H2,1H3,(H,27,29,31)/b22-14+. The Kier molecular flexibility index (Phi) is 5.81. The molecule has 7 heteroatoms. The van der Waals surface area contributed by atoms with Crippen molar-refractivity contribution < 1.29 is 23.5 Å². The maximum absolute atomic E-state index is 13.0. The highest BCUT2D eigenvalue weighted by atomic mass is 19.1. The number of urea groups is 1. The van der Waals surface area contributed by atoms with Gasteiger partial charge in [-0.1, -0.05) is 36.4 Å². The van der Waals surface area contributed by atoms with E-state index in [1.165, 1.54) is 18.2 Å². The molecule has 1 heterocycles. The Morgan fingerprint density at radius 1 is 0.969 bits per heavy atom. The minimum Gasteiger partial charge on any atom is -0.489 e. The van der Waals surface area contributed by atoms with Crippen LogP contribution in [-0.4, -0.2) is 17.8 Å². The van der Waals surface area contributed by atoms with Gasteiger partial charge in [0.2, 0.25) is 0 Å². The Hall–Kier alpha value is -4.26. The number of hydrogen-bond donors (Lipinski definition) is 1. The van der Waals surface area contributed by atoms with Gasteiger partial charge in [0.1, 0.15) is 23.7 Å². The summed E-state index contributed by atoms with van der Waals surface area (Å²) < 4.78 is 18.7. The largest absolute Gasteiger partial charge is 0.489 e. The van der Waals surface area contributed by atoms with Gasteiger partial charge in [-0.2, -0.15) is 0 Å². The van der Waals surface area contributed by atoms with Gasteiger partial charge in [0.25, 0.3) is 11.8 Å². The molecular formula is C25H19FN2O4. The summed E-state index contributed by atoms with van der Waals surface area (Å²) in [7, 11) is 0. The lowest BCUT2D eigenvalue weighted by atomic mass is 10.1. The number of benzene rings is 3. The molecule has 1 N–H and O–H groups in total. The normalized spacial score (nSPS) is 15.1. The number of barbiturate groups is 1. The number of rotatable bonds is 5. The molecule has 0 aromatic heterocycles. The molecule has 1 aliphatic rings. The molecule has 3 aromatic rings. The third kappa shape index (κ3) is 4.57. The van der Waals surface area contributed by atoms with Crippen LogP contribution in [0.3, 0.4) is 0 Å². The summed E-state index contributed by atoms with van der Waals surface area (Å²) in [6.45, 7) is 2.12. The van der Waals surface area contributed by atoms with Gasteiger partial charge in [-0.25, -0.2) is 14.1 Å². The quantitative estimate of drug-likeness (QED) is 0.482. The van der Waals surface area contributed by atoms with Crippen LogP contribution >= 0.6 is 0 Å². The van der Waals surface area contributed by atoms with E-state index in [2.05, 4.69) is 5.32 Å². The summed E-state index contributed by atoms with van der Waals surface area (Å²) in [5.74, 6) is -1.18. The summed E-state index contributed by atoms with van der Waals surface area (Å²) in [5.41, 5.74) is 2.53. The van der Waals surface area contributed by atoms with Crippen molar-refractivity contribution in [3.8, 4) is 5.75 Å². The third-order valence-electron chi connectivity index (χ3n) is 4.87. The monoisotopic (exact) mass is 430 g/mol. The second-order valence-corrected chi connectivity index (χ2v) is 7.28. The molecule has 3 aromatic carbocycles. The van der Waals surface area contributed by atoms with Crippen molar-refractivity contribution >= 4 is 29.6 Å². The van der Waals surface area contributed by atoms with E-state index in [0.717, 1.165) is 16.0 Å². The maximum atomic E-state index is 13.0. The minimum absolute atomic E-state index is 0.147. The number of carbonyl (C=O) groups is 3. The Morgan fingerprint density at radius 2 is 1.69 bits per heavy atom. The second kappa shape index (κ2) is 8.85. The highest BCUT2D eigenvalue weighted by molar-refractivity contribution is 6.39. The fraction of sp³-hybridized carbons (Fsp3) is 0.0800. The van der Waals surface area contributed by atoms with Gasteiger partial charge in [0.15, 0.2) is 0 Å². The number of halogens is 1. The molecule has 0 saturated carbocycles. The van der Waals surface area contributed by atoms with Gasteiger partial charge in [-0.05, 0) is 66.1 Å². The molecule has 1 aliphatic heterocycles. The lowest BCUT2D eigenvalue weighted by Crippen LogP contribution is -2.54. The van der Waals surface area contributed by atoms with Gasteiger partial charge >= 0.3 is 6.03 Å². The van der Waals surface area contributed by atoms with Crippen molar-refractivity contribution in [1.82, 2.24) is 5.32 Å². The number of imide groups is 2. The third-order valence-corrected chi connectivity index (χ3v) is 4.87. The predicted molar refractivity (Wildman–Crippen MR) is 117 cm³/mol. The first-order valence-corrected chi connectivity index (χ1v) is 9.86. The topological polar surface area (TPSA) is 75.7 Å². The van der Waals surface area contributed by atoms with Crippen LogP contribution in [0.1, 0.15) is 16.7 Å². The Labute approximate surface area is 183 Å². The zero-order valence-corrected chi connectivity index (χ0v) is 17.2. The highest BCUT2D eigenvalue weighted by Crippen LogP contribution is 2.23. The van der Waals surface area contributed by atoms with Crippen LogP contribution in [0.4, 0.5) is 14.9 Å². The molecule has 0 radical (unpaired) electrons. The Bertz CT molecular complexity index is 1220. The van der Waals surface area contributed by atoms with Gasteiger partial charge < -0.3 is 4.74 Å². The Balaban J connectivity index is 1.51. The van der Waals surface area contributed by atoms with Crippen LogP contribution in [0.5, 0.6) is 5.75 Å². The van der Waals surface area contributed by atoms with Gasteiger partial charge in [0, 0.05) is 0 Å². The Morgan fingerprint density at radius 3 is 2.38 bits per heavy atom. The zero-order valence-electron chi connectivity index (χ0n) is 17.2. The van der Waals surface area contributed by atoms with E-state index < -0.39 is 17.8 Å². The number of hydrogen-bond acceptors (Lipinski definition) is 4. The molecule has 4 amide bonds. The van der Waals surface area contributed by atoms with E-state index in [4.69, 9.17) is 4.74 Å². The minimum atomic E-state index is -0.785. The van der Waals surface area contributed by atoms with Crippen molar-refractivity contribution in [2.45, 2.75) is 13.5 Å². The highest BCUT2D eigenvalue weighted by Gasteiger charge is 2.36. The van der Waals surface area contributed by atoms with Crippen molar-refractivity contribution in [3.63, 3.8) is 0 Å². The SMILES string of the molecule is Cc1cccc(N2C(=O)NC(=O)/C(=C\c3ccc(OCc4ccc(F)cc4)cc3)C2=O)c1. The van der Waals surface area contributed by atoms with Crippen LogP contribution in [0.15, 0.2) is 78.4 Å². The van der Waals surface area contributed by atoms with Crippen LogP contribution in [0.25, 0.3) is 6.08 Å². The molecule has 4 rings (SSSR count). The van der Waals surface area contributed by atoms with Crippen LogP contribution in [-0.2, 0) is 16.2 Å². The molecule has 1 fully saturated rings. The maximum Gasteiger partial charge on any atom is 0.335 e. The fourth-order valence-corrected chi connectivity index (χ4v) is 3.23. The molecular weight excluding hydrogens is 411 g/mol. The first-order chi connectivity index (χ1) is 15.4. The van der Waals surface area contributed by atoms with Gasteiger partial charge in [-0.15, -0.1) is 0 Å².